The highest BCUT2D eigenvalue weighted by molar-refractivity contribution is 6.30. The molecule has 0 radical (unpaired) electrons. The maximum atomic E-state index is 8.66. The summed E-state index contributed by atoms with van der Waals surface area (Å²) in [7, 11) is 1.80. The van der Waals surface area contributed by atoms with E-state index in [2.05, 4.69) is 10.3 Å². The highest BCUT2D eigenvalue weighted by Gasteiger charge is 2.11. The van der Waals surface area contributed by atoms with Gasteiger partial charge in [0, 0.05) is 19.0 Å². The minimum atomic E-state index is 0.384. The fourth-order valence-corrected chi connectivity index (χ4v) is 2.26. The molecule has 0 saturated carbocycles. The molecule has 1 N–H and O–H groups in total. The summed E-state index contributed by atoms with van der Waals surface area (Å²) < 4.78 is 7.37. The fourth-order valence-electron chi connectivity index (χ4n) is 2.03. The Bertz CT molecular complexity index is 648. The summed E-state index contributed by atoms with van der Waals surface area (Å²) in [6.07, 6.45) is 0.615. The number of hydrogen-bond acceptors (Lipinski definition) is 4. The molecule has 2 aromatic rings. The molecule has 0 aliphatic carbocycles. The number of hydrogen-bond donors (Lipinski definition) is 1. The molecule has 1 aromatic heterocycles. The highest BCUT2D eigenvalue weighted by atomic mass is 35.5. The molecule has 6 heteroatoms. The van der Waals surface area contributed by atoms with Crippen molar-refractivity contribution in [2.75, 3.05) is 0 Å². The number of ether oxygens (including phenoxy) is 1. The number of benzene rings is 1. The fraction of sp³-hybridized carbons (Fsp3) is 0.333. The van der Waals surface area contributed by atoms with Crippen LogP contribution < -0.4 is 4.74 Å². The smallest absolute Gasteiger partial charge is 0.133 e. The van der Waals surface area contributed by atoms with Crippen molar-refractivity contribution in [1.82, 2.24) is 9.78 Å². The van der Waals surface area contributed by atoms with Crippen LogP contribution in [0.2, 0.25) is 5.15 Å². The molecule has 5 nitrogen and oxygen atoms in total. The topological polar surface area (TPSA) is 59.6 Å². The molecule has 1 heterocycles. The van der Waals surface area contributed by atoms with Crippen molar-refractivity contribution >= 4 is 17.3 Å². The number of rotatable bonds is 5. The van der Waals surface area contributed by atoms with Crippen molar-refractivity contribution in [1.29, 1.82) is 0 Å². The Hall–Kier alpha value is -2.01. The quantitative estimate of drug-likeness (QED) is 0.523. The SMILES string of the molecule is C/C(Cc1ccc(OCc2c(C)nn(C)c2Cl)cc1)=N/O. The molecule has 112 valence electrons. The monoisotopic (exact) mass is 307 g/mol. The first-order valence-electron chi connectivity index (χ1n) is 6.58. The molecule has 0 amide bonds. The van der Waals surface area contributed by atoms with Gasteiger partial charge in [0.2, 0.25) is 0 Å². The van der Waals surface area contributed by atoms with Crippen LogP contribution in [0.3, 0.4) is 0 Å². The van der Waals surface area contributed by atoms with Crippen LogP contribution >= 0.6 is 11.6 Å². The maximum absolute atomic E-state index is 8.66. The van der Waals surface area contributed by atoms with E-state index in [9.17, 15) is 0 Å². The zero-order chi connectivity index (χ0) is 15.4. The molecular formula is C15H18ClN3O2. The summed E-state index contributed by atoms with van der Waals surface area (Å²) in [6.45, 7) is 4.07. The van der Waals surface area contributed by atoms with Crippen molar-refractivity contribution in [3.8, 4) is 5.75 Å². The van der Waals surface area contributed by atoms with Gasteiger partial charge in [0.05, 0.1) is 11.4 Å². The lowest BCUT2D eigenvalue weighted by Crippen LogP contribution is -1.99. The Morgan fingerprint density at radius 1 is 1.38 bits per heavy atom. The van der Waals surface area contributed by atoms with E-state index in [-0.39, 0.29) is 0 Å². The van der Waals surface area contributed by atoms with Crippen LogP contribution in [0.4, 0.5) is 0 Å². The zero-order valence-corrected chi connectivity index (χ0v) is 13.1. The molecule has 2 rings (SSSR count). The summed E-state index contributed by atoms with van der Waals surface area (Å²) in [5.41, 5.74) is 3.50. The normalized spacial score (nSPS) is 11.7. The van der Waals surface area contributed by atoms with Gasteiger partial charge in [-0.05, 0) is 31.5 Å². The molecule has 0 saturated heterocycles. The molecule has 0 bridgehead atoms. The standard InChI is InChI=1S/C15H18ClN3O2/c1-10(18-20)8-12-4-6-13(7-5-12)21-9-14-11(2)17-19(3)15(14)16/h4-7,20H,8-9H2,1-3H3/b18-10-. The van der Waals surface area contributed by atoms with Gasteiger partial charge >= 0.3 is 0 Å². The Morgan fingerprint density at radius 3 is 2.57 bits per heavy atom. The molecular weight excluding hydrogens is 290 g/mol. The van der Waals surface area contributed by atoms with Crippen molar-refractivity contribution in [3.05, 3.63) is 46.2 Å². The molecule has 0 unspecified atom stereocenters. The van der Waals surface area contributed by atoms with E-state index < -0.39 is 0 Å². The third-order valence-corrected chi connectivity index (χ3v) is 3.68. The first kappa shape index (κ1) is 15.4. The van der Waals surface area contributed by atoms with Gasteiger partial charge in [0.1, 0.15) is 17.5 Å². The van der Waals surface area contributed by atoms with Gasteiger partial charge in [0.25, 0.3) is 0 Å². The van der Waals surface area contributed by atoms with E-state index in [1.807, 2.05) is 31.2 Å². The van der Waals surface area contributed by atoms with Crippen LogP contribution in [0.15, 0.2) is 29.4 Å². The predicted molar refractivity (Wildman–Crippen MR) is 82.3 cm³/mol. The summed E-state index contributed by atoms with van der Waals surface area (Å²) in [5.74, 6) is 0.761. The molecule has 0 spiro atoms. The van der Waals surface area contributed by atoms with Gasteiger partial charge in [-0.25, -0.2) is 0 Å². The lowest BCUT2D eigenvalue weighted by atomic mass is 10.1. The molecule has 0 atom stereocenters. The van der Waals surface area contributed by atoms with Gasteiger partial charge in [-0.15, -0.1) is 0 Å². The van der Waals surface area contributed by atoms with E-state index in [4.69, 9.17) is 21.5 Å². The number of nitrogens with zero attached hydrogens (tertiary/aromatic N) is 3. The van der Waals surface area contributed by atoms with Gasteiger partial charge < -0.3 is 9.94 Å². The van der Waals surface area contributed by atoms with Crippen molar-refractivity contribution in [3.63, 3.8) is 0 Å². The van der Waals surface area contributed by atoms with Crippen molar-refractivity contribution < 1.29 is 9.94 Å². The molecule has 0 fully saturated rings. The Morgan fingerprint density at radius 2 is 2.05 bits per heavy atom. The number of aromatic nitrogens is 2. The predicted octanol–water partition coefficient (Wildman–Crippen LogP) is 3.35. The Labute approximate surface area is 128 Å². The first-order chi connectivity index (χ1) is 10.0. The van der Waals surface area contributed by atoms with Gasteiger partial charge in [-0.2, -0.15) is 5.10 Å². The van der Waals surface area contributed by atoms with E-state index in [1.54, 1.807) is 18.7 Å². The Balaban J connectivity index is 2.01. The highest BCUT2D eigenvalue weighted by Crippen LogP contribution is 2.21. The molecule has 21 heavy (non-hydrogen) atoms. The third kappa shape index (κ3) is 3.76. The second-order valence-electron chi connectivity index (χ2n) is 4.92. The summed E-state index contributed by atoms with van der Waals surface area (Å²) >= 11 is 6.16. The van der Waals surface area contributed by atoms with E-state index in [0.717, 1.165) is 22.6 Å². The van der Waals surface area contributed by atoms with Crippen LogP contribution in [0.5, 0.6) is 5.75 Å². The number of halogens is 1. The number of oxime groups is 1. The minimum Gasteiger partial charge on any atom is -0.489 e. The van der Waals surface area contributed by atoms with E-state index in [1.165, 1.54) is 0 Å². The lowest BCUT2D eigenvalue weighted by molar-refractivity contribution is 0.305. The second-order valence-corrected chi connectivity index (χ2v) is 5.28. The van der Waals surface area contributed by atoms with Crippen LogP contribution in [0.1, 0.15) is 23.7 Å². The summed E-state index contributed by atoms with van der Waals surface area (Å²) in [5, 5.41) is 16.7. The molecule has 0 aliphatic rings. The first-order valence-corrected chi connectivity index (χ1v) is 6.96. The van der Waals surface area contributed by atoms with E-state index >= 15 is 0 Å². The molecule has 1 aromatic carbocycles. The zero-order valence-electron chi connectivity index (χ0n) is 12.3. The maximum Gasteiger partial charge on any atom is 0.133 e. The number of aryl methyl sites for hydroxylation is 2. The van der Waals surface area contributed by atoms with Gasteiger partial charge in [0.15, 0.2) is 0 Å². The average molecular weight is 308 g/mol. The largest absolute Gasteiger partial charge is 0.489 e. The third-order valence-electron chi connectivity index (χ3n) is 3.21. The lowest BCUT2D eigenvalue weighted by Gasteiger charge is -2.07. The van der Waals surface area contributed by atoms with Crippen LogP contribution in [-0.2, 0) is 20.1 Å². The summed E-state index contributed by atoms with van der Waals surface area (Å²) in [6, 6.07) is 7.67. The van der Waals surface area contributed by atoms with E-state index in [0.29, 0.717) is 23.9 Å². The minimum absolute atomic E-state index is 0.384. The average Bonchev–Trinajstić information content (AvgIpc) is 2.71. The second kappa shape index (κ2) is 6.63. The van der Waals surface area contributed by atoms with Crippen LogP contribution in [0, 0.1) is 6.92 Å². The van der Waals surface area contributed by atoms with Crippen molar-refractivity contribution in [2.24, 2.45) is 12.2 Å². The van der Waals surface area contributed by atoms with Gasteiger partial charge in [-0.3, -0.25) is 4.68 Å². The van der Waals surface area contributed by atoms with Gasteiger partial charge in [-0.1, -0.05) is 28.9 Å². The van der Waals surface area contributed by atoms with Crippen LogP contribution in [0.25, 0.3) is 0 Å². The summed E-state index contributed by atoms with van der Waals surface area (Å²) in [4.78, 5) is 0. The van der Waals surface area contributed by atoms with Crippen LogP contribution in [-0.4, -0.2) is 20.7 Å². The Kier molecular flexibility index (Phi) is 4.85. The molecule has 0 aliphatic heterocycles. The van der Waals surface area contributed by atoms with Crippen molar-refractivity contribution in [2.45, 2.75) is 26.9 Å².